The molecule has 0 radical (unpaired) electrons. The highest BCUT2D eigenvalue weighted by Crippen LogP contribution is 2.11. The molecule has 138 valence electrons. The molecule has 0 fully saturated rings. The maximum absolute atomic E-state index is 12.7. The summed E-state index contributed by atoms with van der Waals surface area (Å²) in [5, 5.41) is 11.8. The van der Waals surface area contributed by atoms with E-state index < -0.39 is 12.0 Å². The molecule has 1 aromatic carbocycles. The Labute approximate surface area is 149 Å². The Hall–Kier alpha value is -2.37. The van der Waals surface area contributed by atoms with Crippen molar-refractivity contribution in [1.29, 1.82) is 0 Å². The summed E-state index contributed by atoms with van der Waals surface area (Å²) >= 11 is 0. The van der Waals surface area contributed by atoms with Crippen LogP contribution in [0.5, 0.6) is 0 Å². The third-order valence-corrected chi connectivity index (χ3v) is 3.84. The zero-order chi connectivity index (χ0) is 19.1. The first-order valence-corrected chi connectivity index (χ1v) is 8.48. The third-order valence-electron chi connectivity index (χ3n) is 3.84. The molecule has 0 aliphatic heterocycles. The number of rotatable bonds is 8. The Morgan fingerprint density at radius 2 is 1.64 bits per heavy atom. The minimum Gasteiger partial charge on any atom is -0.478 e. The van der Waals surface area contributed by atoms with Crippen LogP contribution in [0.2, 0.25) is 0 Å². The van der Waals surface area contributed by atoms with Crippen molar-refractivity contribution in [3.05, 3.63) is 35.4 Å². The zero-order valence-electron chi connectivity index (χ0n) is 15.6. The molecule has 0 saturated heterocycles. The molecule has 0 saturated carbocycles. The lowest BCUT2D eigenvalue weighted by atomic mass is 10.0. The van der Waals surface area contributed by atoms with Crippen LogP contribution in [0.1, 0.15) is 50.0 Å². The molecule has 25 heavy (non-hydrogen) atoms. The molecule has 1 unspecified atom stereocenters. The number of likely N-dealkylation sites (N-methyl/N-ethyl adjacent to an activating group) is 1. The molecule has 1 rings (SSSR count). The minimum atomic E-state index is -0.983. The smallest absolute Gasteiger partial charge is 0.335 e. The van der Waals surface area contributed by atoms with Crippen molar-refractivity contribution < 1.29 is 19.5 Å². The molecule has 1 aromatic rings. The van der Waals surface area contributed by atoms with Crippen molar-refractivity contribution in [2.45, 2.75) is 46.7 Å². The highest BCUT2D eigenvalue weighted by Gasteiger charge is 2.27. The summed E-state index contributed by atoms with van der Waals surface area (Å²) in [6.07, 6.45) is 0.386. The fraction of sp³-hybridized carbons (Fsp3) is 0.526. The van der Waals surface area contributed by atoms with Gasteiger partial charge in [0.25, 0.3) is 0 Å². The first-order chi connectivity index (χ1) is 11.6. The number of carboxylic acid groups (broad SMARTS) is 1. The van der Waals surface area contributed by atoms with E-state index in [2.05, 4.69) is 5.32 Å². The average Bonchev–Trinajstić information content (AvgIpc) is 2.51. The summed E-state index contributed by atoms with van der Waals surface area (Å²) in [6.45, 7) is 8.06. The van der Waals surface area contributed by atoms with Crippen LogP contribution in [0, 0.1) is 11.8 Å². The van der Waals surface area contributed by atoms with Crippen LogP contribution < -0.4 is 5.32 Å². The van der Waals surface area contributed by atoms with Gasteiger partial charge in [-0.3, -0.25) is 9.59 Å². The lowest BCUT2D eigenvalue weighted by Crippen LogP contribution is -2.50. The van der Waals surface area contributed by atoms with Gasteiger partial charge in [-0.1, -0.05) is 39.8 Å². The molecule has 6 nitrogen and oxygen atoms in total. The van der Waals surface area contributed by atoms with E-state index in [0.717, 1.165) is 5.56 Å². The number of carboxylic acids is 1. The van der Waals surface area contributed by atoms with E-state index in [-0.39, 0.29) is 29.2 Å². The number of nitrogens with zero attached hydrogens (tertiary/aromatic N) is 1. The van der Waals surface area contributed by atoms with Crippen molar-refractivity contribution in [2.75, 3.05) is 7.05 Å². The Balaban J connectivity index is 2.76. The number of carbonyl (C=O) groups is 3. The van der Waals surface area contributed by atoms with Crippen LogP contribution in [0.25, 0.3) is 0 Å². The second-order valence-corrected chi connectivity index (χ2v) is 7.08. The van der Waals surface area contributed by atoms with Crippen molar-refractivity contribution >= 4 is 17.8 Å². The molecule has 0 aromatic heterocycles. The summed E-state index contributed by atoms with van der Waals surface area (Å²) in [5.74, 6) is -1.06. The average molecular weight is 348 g/mol. The van der Waals surface area contributed by atoms with Crippen molar-refractivity contribution in [3.63, 3.8) is 0 Å². The quantitative estimate of drug-likeness (QED) is 0.756. The van der Waals surface area contributed by atoms with Gasteiger partial charge in [0.15, 0.2) is 0 Å². The summed E-state index contributed by atoms with van der Waals surface area (Å²) in [6, 6.07) is 5.83. The van der Waals surface area contributed by atoms with E-state index in [0.29, 0.717) is 13.0 Å². The Morgan fingerprint density at radius 1 is 1.08 bits per heavy atom. The van der Waals surface area contributed by atoms with Crippen molar-refractivity contribution in [1.82, 2.24) is 10.2 Å². The fourth-order valence-corrected chi connectivity index (χ4v) is 2.46. The first kappa shape index (κ1) is 20.7. The summed E-state index contributed by atoms with van der Waals surface area (Å²) in [7, 11) is 1.68. The number of nitrogens with one attached hydrogen (secondary N) is 1. The minimum absolute atomic E-state index is 0.0274. The monoisotopic (exact) mass is 348 g/mol. The second kappa shape index (κ2) is 9.20. The molecule has 0 heterocycles. The largest absolute Gasteiger partial charge is 0.478 e. The maximum atomic E-state index is 12.7. The first-order valence-electron chi connectivity index (χ1n) is 8.48. The van der Waals surface area contributed by atoms with E-state index in [1.807, 2.05) is 27.7 Å². The molecule has 0 aliphatic carbocycles. The van der Waals surface area contributed by atoms with Gasteiger partial charge in [0.2, 0.25) is 11.8 Å². The number of hydrogen-bond acceptors (Lipinski definition) is 3. The van der Waals surface area contributed by atoms with Gasteiger partial charge in [-0.2, -0.15) is 0 Å². The molecular weight excluding hydrogens is 320 g/mol. The Bertz CT molecular complexity index is 608. The summed E-state index contributed by atoms with van der Waals surface area (Å²) in [5.41, 5.74) is 1.04. The molecule has 0 aliphatic rings. The Kier molecular flexibility index (Phi) is 7.61. The summed E-state index contributed by atoms with van der Waals surface area (Å²) in [4.78, 5) is 37.2. The number of carbonyl (C=O) groups excluding carboxylic acids is 2. The van der Waals surface area contributed by atoms with Gasteiger partial charge >= 0.3 is 5.97 Å². The molecule has 0 spiro atoms. The van der Waals surface area contributed by atoms with Gasteiger partial charge in [-0.25, -0.2) is 4.79 Å². The van der Waals surface area contributed by atoms with E-state index >= 15 is 0 Å². The van der Waals surface area contributed by atoms with Gasteiger partial charge in [0, 0.05) is 20.0 Å². The fourth-order valence-electron chi connectivity index (χ4n) is 2.46. The number of aromatic carboxylic acids is 1. The normalized spacial score (nSPS) is 12.1. The lowest BCUT2D eigenvalue weighted by molar-refractivity contribution is -0.137. The van der Waals surface area contributed by atoms with Gasteiger partial charge in [0.1, 0.15) is 6.04 Å². The predicted octanol–water partition coefficient (Wildman–Crippen LogP) is 2.53. The van der Waals surface area contributed by atoms with E-state index in [1.54, 1.807) is 24.1 Å². The standard InChI is InChI=1S/C19H28N2O4/c1-12(2)10-16(22)20-17(13(3)4)18(23)21(5)11-14-6-8-15(9-7-14)19(24)25/h6-9,12-13,17H,10-11H2,1-5H3,(H,20,22)(H,24,25). The zero-order valence-corrected chi connectivity index (χ0v) is 15.6. The SMILES string of the molecule is CC(C)CC(=O)NC(C(=O)N(C)Cc1ccc(C(=O)O)cc1)C(C)C. The van der Waals surface area contributed by atoms with Crippen LogP contribution >= 0.6 is 0 Å². The number of amides is 2. The van der Waals surface area contributed by atoms with Crippen LogP contribution in [-0.2, 0) is 16.1 Å². The van der Waals surface area contributed by atoms with Crippen LogP contribution in [0.4, 0.5) is 0 Å². The second-order valence-electron chi connectivity index (χ2n) is 7.08. The van der Waals surface area contributed by atoms with E-state index in [1.165, 1.54) is 12.1 Å². The number of benzene rings is 1. The highest BCUT2D eigenvalue weighted by atomic mass is 16.4. The van der Waals surface area contributed by atoms with Gasteiger partial charge in [-0.05, 0) is 29.5 Å². The highest BCUT2D eigenvalue weighted by molar-refractivity contribution is 5.88. The van der Waals surface area contributed by atoms with Crippen LogP contribution in [-0.4, -0.2) is 40.9 Å². The Morgan fingerprint density at radius 3 is 2.08 bits per heavy atom. The third kappa shape index (κ3) is 6.57. The van der Waals surface area contributed by atoms with Crippen LogP contribution in [0.3, 0.4) is 0 Å². The van der Waals surface area contributed by atoms with E-state index in [9.17, 15) is 14.4 Å². The van der Waals surface area contributed by atoms with E-state index in [4.69, 9.17) is 5.11 Å². The molecular formula is C19H28N2O4. The molecule has 2 amide bonds. The molecule has 6 heteroatoms. The van der Waals surface area contributed by atoms with Gasteiger partial charge in [0.05, 0.1) is 5.56 Å². The van der Waals surface area contributed by atoms with Gasteiger partial charge < -0.3 is 15.3 Å². The summed E-state index contributed by atoms with van der Waals surface area (Å²) < 4.78 is 0. The lowest BCUT2D eigenvalue weighted by Gasteiger charge is -2.27. The maximum Gasteiger partial charge on any atom is 0.335 e. The van der Waals surface area contributed by atoms with Crippen molar-refractivity contribution in [2.24, 2.45) is 11.8 Å². The topological polar surface area (TPSA) is 86.7 Å². The number of hydrogen-bond donors (Lipinski definition) is 2. The molecule has 1 atom stereocenters. The van der Waals surface area contributed by atoms with Gasteiger partial charge in [-0.15, -0.1) is 0 Å². The van der Waals surface area contributed by atoms with Crippen molar-refractivity contribution in [3.8, 4) is 0 Å². The van der Waals surface area contributed by atoms with Crippen LogP contribution in [0.15, 0.2) is 24.3 Å². The molecule has 0 bridgehead atoms. The predicted molar refractivity (Wildman–Crippen MR) is 96.1 cm³/mol. The molecule has 2 N–H and O–H groups in total.